The van der Waals surface area contributed by atoms with E-state index in [0.717, 1.165) is 25.3 Å². The third kappa shape index (κ3) is 6.55. The van der Waals surface area contributed by atoms with E-state index < -0.39 is 24.0 Å². The summed E-state index contributed by atoms with van der Waals surface area (Å²) in [6.07, 6.45) is 8.71. The van der Waals surface area contributed by atoms with Crippen molar-refractivity contribution >= 4 is 34.0 Å². The van der Waals surface area contributed by atoms with Gasteiger partial charge >= 0.3 is 206 Å². The van der Waals surface area contributed by atoms with Crippen LogP contribution >= 0.6 is 0 Å². The Hall–Kier alpha value is -1.05. The Morgan fingerprint density at radius 2 is 1.52 bits per heavy atom. The number of rotatable bonds is 11. The maximum absolute atomic E-state index is 12.6. The van der Waals surface area contributed by atoms with E-state index in [9.17, 15) is 4.79 Å². The molecule has 0 aromatic carbocycles. The second-order valence-corrected chi connectivity index (χ2v) is 24.3. The van der Waals surface area contributed by atoms with Crippen molar-refractivity contribution in [1.29, 1.82) is 0 Å². The van der Waals surface area contributed by atoms with Crippen LogP contribution < -0.4 is 8.61 Å². The van der Waals surface area contributed by atoms with Gasteiger partial charge in [-0.3, -0.25) is 0 Å². The Morgan fingerprint density at radius 3 is 1.94 bits per heavy atom. The minimum absolute atomic E-state index is 0.175. The van der Waals surface area contributed by atoms with Crippen LogP contribution in [-0.2, 0) is 4.74 Å². The first-order chi connectivity index (χ1) is 15.7. The number of fused-ring (bicyclic) bond motifs is 2. The number of unbranched alkanes of at least 4 members (excludes halogenated alkanes) is 3. The number of ether oxygens (including phenoxy) is 1. The van der Waals surface area contributed by atoms with Gasteiger partial charge in [0.25, 0.3) is 0 Å². The number of nitrogens with zero attached hydrogens (tertiary/aromatic N) is 4. The summed E-state index contributed by atoms with van der Waals surface area (Å²) < 4.78 is 11.2. The van der Waals surface area contributed by atoms with Crippen LogP contribution in [0.1, 0.15) is 86.5 Å². The molecule has 1 amide bonds. The maximum atomic E-state index is 12.6. The molecule has 4 heterocycles. The molecule has 3 aliphatic rings. The molecular weight excluding hydrogens is 519 g/mol. The van der Waals surface area contributed by atoms with E-state index >= 15 is 0 Å². The van der Waals surface area contributed by atoms with E-state index in [1.165, 1.54) is 55.5 Å². The molecule has 0 spiro atoms. The predicted molar refractivity (Wildman–Crippen MR) is 139 cm³/mol. The standard InChI is InChI=1S/C14H19N4O2.3C4H9.Sn/c1-14(2,3)20-13(19)18-10-7-11(18)9-17(8-10)12-5-4-6-15-16-12;3*1-3-4-2;/h4-5,10-11H,7-9H2,1-3H3;3*1,3-4H2,2H3;. The average Bonchev–Trinajstić information content (AvgIpc) is 2.78. The number of carbonyl (C=O) groups excluding carboxylic acids is 1. The first-order valence-corrected chi connectivity index (χ1v) is 20.8. The number of hydrogen-bond donors (Lipinski definition) is 0. The minimum atomic E-state index is -2.53. The van der Waals surface area contributed by atoms with Gasteiger partial charge in [-0.05, 0) is 0 Å². The van der Waals surface area contributed by atoms with E-state index in [1.54, 1.807) is 0 Å². The summed E-state index contributed by atoms with van der Waals surface area (Å²) in [5, 5.41) is 9.69. The molecule has 33 heavy (non-hydrogen) atoms. The first kappa shape index (κ1) is 26.6. The molecule has 0 radical (unpaired) electrons. The third-order valence-corrected chi connectivity index (χ3v) is 22.4. The van der Waals surface area contributed by atoms with Gasteiger partial charge in [-0.15, -0.1) is 0 Å². The number of hydrogen-bond acceptors (Lipinski definition) is 5. The van der Waals surface area contributed by atoms with E-state index in [2.05, 4.69) is 37.8 Å². The van der Waals surface area contributed by atoms with Crippen molar-refractivity contribution in [2.24, 2.45) is 0 Å². The Morgan fingerprint density at radius 1 is 0.970 bits per heavy atom. The van der Waals surface area contributed by atoms with Gasteiger partial charge in [0, 0.05) is 0 Å². The molecule has 2 bridgehead atoms. The summed E-state index contributed by atoms with van der Waals surface area (Å²) in [6, 6.07) is 5.00. The van der Waals surface area contributed by atoms with E-state index in [-0.39, 0.29) is 18.2 Å². The molecule has 3 fully saturated rings. The number of carbonyl (C=O) groups is 1. The summed E-state index contributed by atoms with van der Waals surface area (Å²) >= 11 is -2.53. The fourth-order valence-corrected chi connectivity index (χ4v) is 20.6. The Labute approximate surface area is 205 Å². The van der Waals surface area contributed by atoms with Crippen LogP contribution in [0.4, 0.5) is 10.6 Å². The second-order valence-electron chi connectivity index (χ2n) is 11.2. The van der Waals surface area contributed by atoms with Crippen molar-refractivity contribution in [3.63, 3.8) is 0 Å². The number of aromatic nitrogens is 2. The molecule has 3 aliphatic heterocycles. The van der Waals surface area contributed by atoms with Gasteiger partial charge < -0.3 is 0 Å². The van der Waals surface area contributed by atoms with Crippen molar-refractivity contribution in [2.75, 3.05) is 18.0 Å². The molecule has 6 nitrogen and oxygen atoms in total. The van der Waals surface area contributed by atoms with Crippen LogP contribution in [-0.4, -0.2) is 70.3 Å². The fourth-order valence-electron chi connectivity index (χ4n) is 5.49. The SMILES string of the molecule is CCC[CH2][Sn]([CH2]CCC)([CH2]CCC)[c]1ccc(N2CC3CC(C2)N3C(=O)OC(C)(C)C)nn1. The number of piperidine rings is 1. The Kier molecular flexibility index (Phi) is 9.32. The summed E-state index contributed by atoms with van der Waals surface area (Å²) in [7, 11) is 0. The average molecular weight is 565 g/mol. The van der Waals surface area contributed by atoms with Crippen LogP contribution in [0.15, 0.2) is 12.1 Å². The monoisotopic (exact) mass is 566 g/mol. The zero-order valence-corrected chi connectivity index (χ0v) is 24.8. The predicted octanol–water partition coefficient (Wildman–Crippen LogP) is 5.73. The Bertz CT molecular complexity index is 731. The summed E-state index contributed by atoms with van der Waals surface area (Å²) in [5.74, 6) is 0.971. The van der Waals surface area contributed by atoms with Gasteiger partial charge in [-0.2, -0.15) is 0 Å². The van der Waals surface area contributed by atoms with Gasteiger partial charge in [0.2, 0.25) is 0 Å². The molecule has 2 unspecified atom stereocenters. The van der Waals surface area contributed by atoms with Crippen LogP contribution in [0.5, 0.6) is 0 Å². The van der Waals surface area contributed by atoms with Crippen molar-refractivity contribution in [2.45, 2.75) is 117 Å². The normalized spacial score (nSPS) is 20.5. The molecule has 186 valence electrons. The molecule has 0 N–H and O–H groups in total. The van der Waals surface area contributed by atoms with E-state index in [0.29, 0.717) is 0 Å². The molecule has 4 rings (SSSR count). The van der Waals surface area contributed by atoms with Gasteiger partial charge in [0.15, 0.2) is 0 Å². The van der Waals surface area contributed by atoms with Gasteiger partial charge in [0.1, 0.15) is 0 Å². The molecule has 0 aliphatic carbocycles. The van der Waals surface area contributed by atoms with Gasteiger partial charge in [-0.1, -0.05) is 0 Å². The molecule has 7 heteroatoms. The van der Waals surface area contributed by atoms with Crippen molar-refractivity contribution in [1.82, 2.24) is 15.1 Å². The topological polar surface area (TPSA) is 58.6 Å². The number of piperazine rings is 1. The molecular formula is C26H46N4O2Sn. The van der Waals surface area contributed by atoms with Gasteiger partial charge in [0.05, 0.1) is 0 Å². The first-order valence-electron chi connectivity index (χ1n) is 13.3. The number of anilines is 1. The molecule has 2 atom stereocenters. The second kappa shape index (κ2) is 11.6. The van der Waals surface area contributed by atoms with Crippen LogP contribution in [0, 0.1) is 0 Å². The van der Waals surface area contributed by atoms with Crippen molar-refractivity contribution in [3.05, 3.63) is 12.1 Å². The molecule has 3 saturated heterocycles. The Balaban J connectivity index is 1.70. The van der Waals surface area contributed by atoms with Crippen molar-refractivity contribution in [3.8, 4) is 0 Å². The van der Waals surface area contributed by atoms with Crippen LogP contribution in [0.25, 0.3) is 0 Å². The third-order valence-electron chi connectivity index (χ3n) is 7.34. The fraction of sp³-hybridized carbons (Fsp3) is 0.808. The summed E-state index contributed by atoms with van der Waals surface area (Å²) in [5.41, 5.74) is -0.451. The summed E-state index contributed by atoms with van der Waals surface area (Å²) in [4.78, 5) is 16.8. The number of amides is 1. The molecule has 1 aromatic rings. The molecule has 1 aromatic heterocycles. The van der Waals surface area contributed by atoms with Crippen LogP contribution in [0.2, 0.25) is 13.3 Å². The quantitative estimate of drug-likeness (QED) is 0.321. The van der Waals surface area contributed by atoms with E-state index in [4.69, 9.17) is 14.9 Å². The van der Waals surface area contributed by atoms with E-state index in [1.807, 2.05) is 25.7 Å². The summed E-state index contributed by atoms with van der Waals surface area (Å²) in [6.45, 7) is 14.4. The van der Waals surface area contributed by atoms with Crippen molar-refractivity contribution < 1.29 is 9.53 Å². The van der Waals surface area contributed by atoms with Gasteiger partial charge in [-0.25, -0.2) is 0 Å². The zero-order chi connectivity index (χ0) is 24.1. The zero-order valence-electron chi connectivity index (χ0n) is 21.9. The van der Waals surface area contributed by atoms with Crippen LogP contribution in [0.3, 0.4) is 0 Å². The molecule has 0 saturated carbocycles.